The first-order chi connectivity index (χ1) is 14.5. The zero-order valence-electron chi connectivity index (χ0n) is 17.4. The molecular weight excluding hydrogens is 382 g/mol. The Morgan fingerprint density at radius 1 is 0.567 bits per heavy atom. The van der Waals surface area contributed by atoms with E-state index in [9.17, 15) is 0 Å². The molecule has 0 bridgehead atoms. The summed E-state index contributed by atoms with van der Waals surface area (Å²) < 4.78 is 5.21. The third kappa shape index (κ3) is 2.41. The van der Waals surface area contributed by atoms with Crippen LogP contribution in [-0.2, 0) is 5.41 Å². The zero-order valence-corrected chi connectivity index (χ0v) is 18.3. The van der Waals surface area contributed by atoms with Gasteiger partial charge < -0.3 is 4.57 Å². The van der Waals surface area contributed by atoms with Gasteiger partial charge in [-0.3, -0.25) is 0 Å². The van der Waals surface area contributed by atoms with Crippen molar-refractivity contribution in [2.45, 2.75) is 26.2 Å². The molecule has 2 heterocycles. The fourth-order valence-corrected chi connectivity index (χ4v) is 6.28. The van der Waals surface area contributed by atoms with Crippen LogP contribution in [0.4, 0.5) is 0 Å². The SMILES string of the molecule is CC(C)(C)c1cccc2c1sc1c(-n3c4ccccc4c4ccccc43)cccc12. The second-order valence-electron chi connectivity index (χ2n) is 9.06. The predicted molar refractivity (Wildman–Crippen MR) is 132 cm³/mol. The molecule has 0 spiro atoms. The molecule has 0 unspecified atom stereocenters. The highest BCUT2D eigenvalue weighted by Gasteiger charge is 2.21. The average molecular weight is 406 g/mol. The van der Waals surface area contributed by atoms with E-state index in [1.807, 2.05) is 11.3 Å². The highest BCUT2D eigenvalue weighted by Crippen LogP contribution is 2.43. The van der Waals surface area contributed by atoms with Crippen LogP contribution in [0.5, 0.6) is 0 Å². The third-order valence-electron chi connectivity index (χ3n) is 6.13. The molecule has 0 saturated carbocycles. The molecule has 30 heavy (non-hydrogen) atoms. The maximum atomic E-state index is 2.44. The van der Waals surface area contributed by atoms with E-state index in [0.29, 0.717) is 0 Å². The lowest BCUT2D eigenvalue weighted by Crippen LogP contribution is -2.10. The minimum atomic E-state index is 0.118. The zero-order chi connectivity index (χ0) is 20.5. The van der Waals surface area contributed by atoms with Crippen LogP contribution in [0.25, 0.3) is 47.7 Å². The number of aromatic nitrogens is 1. The lowest BCUT2D eigenvalue weighted by molar-refractivity contribution is 0.597. The number of thiophene rings is 1. The van der Waals surface area contributed by atoms with Crippen LogP contribution in [-0.4, -0.2) is 4.57 Å². The molecular formula is C28H23NS. The van der Waals surface area contributed by atoms with Crippen molar-refractivity contribution in [2.75, 3.05) is 0 Å². The molecule has 6 aromatic rings. The summed E-state index contributed by atoms with van der Waals surface area (Å²) in [6.45, 7) is 6.92. The van der Waals surface area contributed by atoms with Crippen LogP contribution in [0.1, 0.15) is 26.3 Å². The Kier molecular flexibility index (Phi) is 3.66. The van der Waals surface area contributed by atoms with Crippen LogP contribution in [0, 0.1) is 0 Å². The van der Waals surface area contributed by atoms with Crippen molar-refractivity contribution in [1.29, 1.82) is 0 Å². The molecule has 0 N–H and O–H groups in total. The summed E-state index contributed by atoms with van der Waals surface area (Å²) in [6, 6.07) is 31.0. The minimum absolute atomic E-state index is 0.118. The van der Waals surface area contributed by atoms with Crippen molar-refractivity contribution in [1.82, 2.24) is 4.57 Å². The van der Waals surface area contributed by atoms with Crippen molar-refractivity contribution in [3.8, 4) is 5.69 Å². The number of rotatable bonds is 1. The van der Waals surface area contributed by atoms with Gasteiger partial charge in [-0.25, -0.2) is 0 Å². The Balaban J connectivity index is 1.79. The maximum absolute atomic E-state index is 2.44. The van der Waals surface area contributed by atoms with Crippen LogP contribution in [0.15, 0.2) is 84.9 Å². The van der Waals surface area contributed by atoms with Gasteiger partial charge in [0.05, 0.1) is 21.4 Å². The summed E-state index contributed by atoms with van der Waals surface area (Å²) in [5.41, 5.74) is 5.34. The van der Waals surface area contributed by atoms with Crippen LogP contribution in [0.2, 0.25) is 0 Å². The lowest BCUT2D eigenvalue weighted by atomic mass is 9.86. The van der Waals surface area contributed by atoms with Gasteiger partial charge in [0.2, 0.25) is 0 Å². The van der Waals surface area contributed by atoms with E-state index in [1.165, 1.54) is 53.2 Å². The molecule has 0 atom stereocenters. The van der Waals surface area contributed by atoms with Crippen molar-refractivity contribution < 1.29 is 0 Å². The second kappa shape index (κ2) is 6.20. The maximum Gasteiger partial charge on any atom is 0.0640 e. The standard InChI is InChI=1S/C28H23NS/c1-28(2,3)22-14-8-12-20-21-13-9-17-25(27(21)30-26(20)22)29-23-15-6-4-10-18(23)19-11-5-7-16-24(19)29/h4-17H,1-3H3. The largest absolute Gasteiger partial charge is 0.308 e. The number of para-hydroxylation sites is 2. The Labute approximate surface area is 180 Å². The number of hydrogen-bond acceptors (Lipinski definition) is 1. The van der Waals surface area contributed by atoms with E-state index < -0.39 is 0 Å². The fourth-order valence-electron chi connectivity index (χ4n) is 4.75. The van der Waals surface area contributed by atoms with E-state index in [2.05, 4.69) is 110 Å². The van der Waals surface area contributed by atoms with Gasteiger partial charge in [0.1, 0.15) is 0 Å². The van der Waals surface area contributed by atoms with Crippen LogP contribution < -0.4 is 0 Å². The van der Waals surface area contributed by atoms with Gasteiger partial charge >= 0.3 is 0 Å². The summed E-state index contributed by atoms with van der Waals surface area (Å²) in [5.74, 6) is 0. The molecule has 1 nitrogen and oxygen atoms in total. The Hall–Kier alpha value is -3.10. The number of benzene rings is 4. The molecule has 0 aliphatic carbocycles. The number of hydrogen-bond donors (Lipinski definition) is 0. The van der Waals surface area contributed by atoms with E-state index in [4.69, 9.17) is 0 Å². The third-order valence-corrected chi connectivity index (χ3v) is 7.41. The molecule has 0 radical (unpaired) electrons. The lowest BCUT2D eigenvalue weighted by Gasteiger charge is -2.19. The normalized spacial score (nSPS) is 12.5. The molecule has 0 fully saturated rings. The second-order valence-corrected chi connectivity index (χ2v) is 10.1. The molecule has 4 aromatic carbocycles. The molecule has 0 aliphatic heterocycles. The van der Waals surface area contributed by atoms with Gasteiger partial charge in [-0.2, -0.15) is 0 Å². The number of fused-ring (bicyclic) bond motifs is 6. The topological polar surface area (TPSA) is 4.93 Å². The summed E-state index contributed by atoms with van der Waals surface area (Å²) >= 11 is 1.94. The van der Waals surface area contributed by atoms with E-state index in [-0.39, 0.29) is 5.41 Å². The predicted octanol–water partition coefficient (Wildman–Crippen LogP) is 8.45. The summed E-state index contributed by atoms with van der Waals surface area (Å²) in [6.07, 6.45) is 0. The van der Waals surface area contributed by atoms with Gasteiger partial charge in [0, 0.05) is 26.2 Å². The van der Waals surface area contributed by atoms with Gasteiger partial charge in [0.15, 0.2) is 0 Å². The van der Waals surface area contributed by atoms with Gasteiger partial charge in [-0.15, -0.1) is 11.3 Å². The molecule has 0 amide bonds. The van der Waals surface area contributed by atoms with Crippen molar-refractivity contribution in [3.05, 3.63) is 90.5 Å². The molecule has 146 valence electrons. The first-order valence-corrected chi connectivity index (χ1v) is 11.3. The molecule has 6 rings (SSSR count). The van der Waals surface area contributed by atoms with Crippen molar-refractivity contribution in [2.24, 2.45) is 0 Å². The smallest absolute Gasteiger partial charge is 0.0640 e. The van der Waals surface area contributed by atoms with E-state index >= 15 is 0 Å². The number of nitrogens with zero attached hydrogens (tertiary/aromatic N) is 1. The quantitative estimate of drug-likeness (QED) is 0.258. The van der Waals surface area contributed by atoms with Crippen LogP contribution >= 0.6 is 11.3 Å². The molecule has 2 aromatic heterocycles. The Morgan fingerprint density at radius 2 is 1.10 bits per heavy atom. The van der Waals surface area contributed by atoms with E-state index in [0.717, 1.165) is 0 Å². The van der Waals surface area contributed by atoms with Crippen molar-refractivity contribution in [3.63, 3.8) is 0 Å². The summed E-state index contributed by atoms with van der Waals surface area (Å²) in [7, 11) is 0. The highest BCUT2D eigenvalue weighted by atomic mass is 32.1. The molecule has 0 aliphatic rings. The van der Waals surface area contributed by atoms with Crippen LogP contribution in [0.3, 0.4) is 0 Å². The molecule has 0 saturated heterocycles. The first-order valence-electron chi connectivity index (χ1n) is 10.5. The first kappa shape index (κ1) is 17.7. The van der Waals surface area contributed by atoms with Gasteiger partial charge in [0.25, 0.3) is 0 Å². The minimum Gasteiger partial charge on any atom is -0.308 e. The average Bonchev–Trinajstić information content (AvgIpc) is 3.29. The highest BCUT2D eigenvalue weighted by molar-refractivity contribution is 7.26. The van der Waals surface area contributed by atoms with E-state index in [1.54, 1.807) is 0 Å². The fraction of sp³-hybridized carbons (Fsp3) is 0.143. The van der Waals surface area contributed by atoms with Gasteiger partial charge in [-0.05, 0) is 29.2 Å². The van der Waals surface area contributed by atoms with Crippen molar-refractivity contribution >= 4 is 53.3 Å². The summed E-state index contributed by atoms with van der Waals surface area (Å²) in [4.78, 5) is 0. The molecule has 2 heteroatoms. The Bertz CT molecular complexity index is 1520. The van der Waals surface area contributed by atoms with Gasteiger partial charge in [-0.1, -0.05) is 87.5 Å². The summed E-state index contributed by atoms with van der Waals surface area (Å²) in [5, 5.41) is 5.33. The Morgan fingerprint density at radius 3 is 1.73 bits per heavy atom. The monoisotopic (exact) mass is 405 g/mol.